The van der Waals surface area contributed by atoms with Gasteiger partial charge in [-0.1, -0.05) is 33.8 Å². The van der Waals surface area contributed by atoms with Crippen molar-refractivity contribution in [1.29, 1.82) is 0 Å². The first-order valence-corrected chi connectivity index (χ1v) is 7.86. The highest BCUT2D eigenvalue weighted by Gasteiger charge is 2.18. The molecule has 0 saturated carbocycles. The van der Waals surface area contributed by atoms with Crippen LogP contribution in [0, 0.1) is 11.8 Å². The van der Waals surface area contributed by atoms with Crippen LogP contribution in [0.4, 0.5) is 0 Å². The lowest BCUT2D eigenvalue weighted by atomic mass is 10.1. The first-order chi connectivity index (χ1) is 10.4. The number of rotatable bonds is 8. The Balaban J connectivity index is 2.88. The number of ether oxygens (including phenoxy) is 2. The van der Waals surface area contributed by atoms with Gasteiger partial charge in [0.05, 0.1) is 20.6 Å². The minimum Gasteiger partial charge on any atom is -0.497 e. The number of benzene rings is 1. The molecule has 1 rings (SSSR count). The zero-order valence-corrected chi connectivity index (χ0v) is 14.7. The Morgan fingerprint density at radius 2 is 1.64 bits per heavy atom. The lowest BCUT2D eigenvalue weighted by Gasteiger charge is -2.26. The summed E-state index contributed by atoms with van der Waals surface area (Å²) in [5, 5.41) is 0. The average Bonchev–Trinajstić information content (AvgIpc) is 2.45. The van der Waals surface area contributed by atoms with Crippen molar-refractivity contribution in [2.45, 2.75) is 34.1 Å². The van der Waals surface area contributed by atoms with Gasteiger partial charge in [-0.25, -0.2) is 0 Å². The number of methoxy groups -OCH3 is 2. The van der Waals surface area contributed by atoms with E-state index in [0.29, 0.717) is 24.0 Å². The quantitative estimate of drug-likeness (QED) is 0.739. The van der Waals surface area contributed by atoms with E-state index in [4.69, 9.17) is 9.47 Å². The summed E-state index contributed by atoms with van der Waals surface area (Å²) in [5.41, 5.74) is 0.894. The van der Waals surface area contributed by atoms with Crippen molar-refractivity contribution in [3.05, 3.63) is 23.8 Å². The van der Waals surface area contributed by atoms with Crippen LogP contribution in [-0.4, -0.2) is 38.1 Å². The summed E-state index contributed by atoms with van der Waals surface area (Å²) in [6, 6.07) is 5.58. The summed E-state index contributed by atoms with van der Waals surface area (Å²) in [5.74, 6) is 2.49. The molecule has 124 valence electrons. The van der Waals surface area contributed by atoms with Crippen molar-refractivity contribution in [3.63, 3.8) is 0 Å². The molecule has 0 unspecified atom stereocenters. The smallest absolute Gasteiger partial charge is 0.227 e. The molecule has 0 spiro atoms. The Hall–Kier alpha value is -1.71. The first-order valence-electron chi connectivity index (χ1n) is 7.86. The number of hydrogen-bond acceptors (Lipinski definition) is 3. The molecule has 0 heterocycles. The standard InChI is InChI=1S/C18H29NO3/c1-13(2)11-19(12-14(3)4)18(20)9-15-7-8-16(21-5)10-17(15)22-6/h7-8,10,13-14H,9,11-12H2,1-6H3. The molecule has 1 aromatic carbocycles. The van der Waals surface area contributed by atoms with Crippen LogP contribution in [0.1, 0.15) is 33.3 Å². The maximum atomic E-state index is 12.6. The normalized spacial score (nSPS) is 10.9. The van der Waals surface area contributed by atoms with Crippen molar-refractivity contribution in [2.75, 3.05) is 27.3 Å². The number of carbonyl (C=O) groups excluding carboxylic acids is 1. The number of nitrogens with zero attached hydrogens (tertiary/aromatic N) is 1. The molecule has 1 aromatic rings. The molecule has 0 saturated heterocycles. The topological polar surface area (TPSA) is 38.8 Å². The molecule has 4 heteroatoms. The van der Waals surface area contributed by atoms with E-state index in [9.17, 15) is 4.79 Å². The lowest BCUT2D eigenvalue weighted by molar-refractivity contribution is -0.131. The molecule has 0 N–H and O–H groups in total. The van der Waals surface area contributed by atoms with Gasteiger partial charge in [0.15, 0.2) is 0 Å². The minimum absolute atomic E-state index is 0.144. The average molecular weight is 307 g/mol. The van der Waals surface area contributed by atoms with E-state index in [-0.39, 0.29) is 5.91 Å². The minimum atomic E-state index is 0.144. The summed E-state index contributed by atoms with van der Waals surface area (Å²) in [4.78, 5) is 14.6. The van der Waals surface area contributed by atoms with Crippen LogP contribution in [0.2, 0.25) is 0 Å². The van der Waals surface area contributed by atoms with Gasteiger partial charge in [0, 0.05) is 24.7 Å². The van der Waals surface area contributed by atoms with Gasteiger partial charge in [0.25, 0.3) is 0 Å². The van der Waals surface area contributed by atoms with Crippen LogP contribution in [0.3, 0.4) is 0 Å². The maximum absolute atomic E-state index is 12.6. The predicted molar refractivity (Wildman–Crippen MR) is 89.5 cm³/mol. The molecule has 0 aliphatic heterocycles. The van der Waals surface area contributed by atoms with E-state index in [1.165, 1.54) is 0 Å². The van der Waals surface area contributed by atoms with Crippen molar-refractivity contribution in [3.8, 4) is 11.5 Å². The molecular weight excluding hydrogens is 278 g/mol. The number of hydrogen-bond donors (Lipinski definition) is 0. The van der Waals surface area contributed by atoms with Gasteiger partial charge in [0.2, 0.25) is 5.91 Å². The van der Waals surface area contributed by atoms with Gasteiger partial charge in [-0.05, 0) is 17.9 Å². The van der Waals surface area contributed by atoms with Crippen LogP contribution in [0.5, 0.6) is 11.5 Å². The second kappa shape index (κ2) is 8.66. The fraction of sp³-hybridized carbons (Fsp3) is 0.611. The Morgan fingerprint density at radius 3 is 2.09 bits per heavy atom. The molecule has 4 nitrogen and oxygen atoms in total. The maximum Gasteiger partial charge on any atom is 0.227 e. The highest BCUT2D eigenvalue weighted by atomic mass is 16.5. The monoisotopic (exact) mass is 307 g/mol. The van der Waals surface area contributed by atoms with Crippen LogP contribution >= 0.6 is 0 Å². The Labute approximate surface area is 134 Å². The molecule has 1 amide bonds. The summed E-state index contributed by atoms with van der Waals surface area (Å²) in [7, 11) is 3.23. The number of carbonyl (C=O) groups is 1. The third-order valence-electron chi connectivity index (χ3n) is 3.36. The fourth-order valence-electron chi connectivity index (χ4n) is 2.43. The van der Waals surface area contributed by atoms with Gasteiger partial charge in [-0.3, -0.25) is 4.79 Å². The first kappa shape index (κ1) is 18.3. The van der Waals surface area contributed by atoms with Gasteiger partial charge in [0.1, 0.15) is 11.5 Å². The zero-order valence-electron chi connectivity index (χ0n) is 14.7. The van der Waals surface area contributed by atoms with E-state index in [0.717, 1.165) is 24.4 Å². The van der Waals surface area contributed by atoms with Crippen LogP contribution in [0.25, 0.3) is 0 Å². The van der Waals surface area contributed by atoms with Gasteiger partial charge in [-0.15, -0.1) is 0 Å². The molecule has 0 aliphatic rings. The van der Waals surface area contributed by atoms with Gasteiger partial charge >= 0.3 is 0 Å². The second-order valence-electron chi connectivity index (χ2n) is 6.44. The third-order valence-corrected chi connectivity index (χ3v) is 3.36. The highest BCUT2D eigenvalue weighted by molar-refractivity contribution is 5.79. The largest absolute Gasteiger partial charge is 0.497 e. The summed E-state index contributed by atoms with van der Waals surface area (Å²) in [6.07, 6.45) is 0.354. The lowest BCUT2D eigenvalue weighted by Crippen LogP contribution is -2.38. The summed E-state index contributed by atoms with van der Waals surface area (Å²) >= 11 is 0. The van der Waals surface area contributed by atoms with E-state index >= 15 is 0 Å². The third kappa shape index (κ3) is 5.58. The van der Waals surface area contributed by atoms with Gasteiger partial charge in [-0.2, -0.15) is 0 Å². The van der Waals surface area contributed by atoms with E-state index < -0.39 is 0 Å². The van der Waals surface area contributed by atoms with E-state index in [2.05, 4.69) is 27.7 Å². The molecule has 0 fully saturated rings. The van der Waals surface area contributed by atoms with E-state index in [1.807, 2.05) is 23.1 Å². The second-order valence-corrected chi connectivity index (χ2v) is 6.44. The Bertz CT molecular complexity index is 473. The summed E-state index contributed by atoms with van der Waals surface area (Å²) < 4.78 is 10.6. The van der Waals surface area contributed by atoms with E-state index in [1.54, 1.807) is 14.2 Å². The predicted octanol–water partition coefficient (Wildman–Crippen LogP) is 3.39. The Kier molecular flexibility index (Phi) is 7.22. The molecule has 0 bridgehead atoms. The van der Waals surface area contributed by atoms with Crippen molar-refractivity contribution >= 4 is 5.91 Å². The van der Waals surface area contributed by atoms with Crippen molar-refractivity contribution < 1.29 is 14.3 Å². The number of amides is 1. The molecule has 0 aliphatic carbocycles. The molecule has 0 atom stereocenters. The zero-order chi connectivity index (χ0) is 16.7. The Morgan fingerprint density at radius 1 is 1.05 bits per heavy atom. The highest BCUT2D eigenvalue weighted by Crippen LogP contribution is 2.25. The molecule has 0 radical (unpaired) electrons. The molecular formula is C18H29NO3. The van der Waals surface area contributed by atoms with Crippen LogP contribution in [-0.2, 0) is 11.2 Å². The van der Waals surface area contributed by atoms with Crippen LogP contribution in [0.15, 0.2) is 18.2 Å². The SMILES string of the molecule is COc1ccc(CC(=O)N(CC(C)C)CC(C)C)c(OC)c1. The molecule has 22 heavy (non-hydrogen) atoms. The van der Waals surface area contributed by atoms with Crippen molar-refractivity contribution in [1.82, 2.24) is 4.90 Å². The van der Waals surface area contributed by atoms with Crippen molar-refractivity contribution in [2.24, 2.45) is 11.8 Å². The summed E-state index contributed by atoms with van der Waals surface area (Å²) in [6.45, 7) is 10.1. The molecule has 0 aromatic heterocycles. The fourth-order valence-corrected chi connectivity index (χ4v) is 2.43. The van der Waals surface area contributed by atoms with Gasteiger partial charge < -0.3 is 14.4 Å². The van der Waals surface area contributed by atoms with Crippen LogP contribution < -0.4 is 9.47 Å².